The van der Waals surface area contributed by atoms with E-state index in [1.165, 1.54) is 24.0 Å². The summed E-state index contributed by atoms with van der Waals surface area (Å²) in [5.41, 5.74) is 2.74. The lowest BCUT2D eigenvalue weighted by Gasteiger charge is -2.45. The third kappa shape index (κ3) is 4.44. The highest BCUT2D eigenvalue weighted by atomic mass is 35.5. The first-order valence-corrected chi connectivity index (χ1v) is 12.6. The number of hydrogen-bond acceptors (Lipinski definition) is 9. The molecule has 1 amide bonds. The number of methoxy groups -OCH3 is 1. The van der Waals surface area contributed by atoms with Crippen LogP contribution in [0.15, 0.2) is 28.9 Å². The van der Waals surface area contributed by atoms with Gasteiger partial charge in [0.2, 0.25) is 5.13 Å². The first-order chi connectivity index (χ1) is 16.0. The van der Waals surface area contributed by atoms with E-state index in [1.54, 1.807) is 31.1 Å². The molecule has 172 valence electrons. The third-order valence-corrected chi connectivity index (χ3v) is 8.90. The molecule has 0 bridgehead atoms. The summed E-state index contributed by atoms with van der Waals surface area (Å²) in [4.78, 5) is 21.6. The van der Waals surface area contributed by atoms with Crippen LogP contribution < -0.4 is 10.1 Å². The maximum Gasteiger partial charge on any atom is 0.259 e. The van der Waals surface area contributed by atoms with Crippen LogP contribution in [0.2, 0.25) is 5.15 Å². The summed E-state index contributed by atoms with van der Waals surface area (Å²) in [7, 11) is 1.55. The van der Waals surface area contributed by atoms with Crippen LogP contribution in [0.1, 0.15) is 35.3 Å². The molecule has 1 aliphatic carbocycles. The molecule has 1 saturated carbocycles. The summed E-state index contributed by atoms with van der Waals surface area (Å²) in [5, 5.41) is 12.6. The molecule has 1 aliphatic heterocycles. The highest BCUT2D eigenvalue weighted by molar-refractivity contribution is 8.01. The van der Waals surface area contributed by atoms with Gasteiger partial charge in [-0.15, -0.1) is 10.2 Å². The predicted octanol–water partition coefficient (Wildman–Crippen LogP) is 4.88. The number of aromatic nitrogens is 4. The lowest BCUT2D eigenvalue weighted by Crippen LogP contribution is -2.43. The standard InChI is InChI=1S/C22H22ClN5O3S2/c1-12-7-13(14-8-18(23)25-10-16(14)30-2)15(9-24-12)19(29)26-20-27-28-21(33-20)32-17-3-4-22(17)5-6-31-11-22/h7-10,17H,3-6,11H2,1-2H3,(H,26,27,29). The van der Waals surface area contributed by atoms with Gasteiger partial charge in [0, 0.05) is 40.3 Å². The second-order valence-corrected chi connectivity index (χ2v) is 11.0. The van der Waals surface area contributed by atoms with E-state index < -0.39 is 0 Å². The van der Waals surface area contributed by atoms with Crippen LogP contribution in [0.25, 0.3) is 11.1 Å². The first kappa shape index (κ1) is 22.5. The number of amides is 1. The van der Waals surface area contributed by atoms with Crippen molar-refractivity contribution >= 4 is 45.7 Å². The molecule has 1 spiro atoms. The van der Waals surface area contributed by atoms with Crippen LogP contribution in [0.4, 0.5) is 5.13 Å². The quantitative estimate of drug-likeness (QED) is 0.375. The van der Waals surface area contributed by atoms with Gasteiger partial charge in [0.25, 0.3) is 5.91 Å². The number of thioether (sulfide) groups is 1. The molecule has 11 heteroatoms. The van der Waals surface area contributed by atoms with Crippen molar-refractivity contribution in [1.82, 2.24) is 20.2 Å². The minimum absolute atomic E-state index is 0.285. The fourth-order valence-corrected chi connectivity index (χ4v) is 6.81. The molecule has 2 atom stereocenters. The number of carbonyl (C=O) groups is 1. The minimum atomic E-state index is -0.329. The molecule has 8 nitrogen and oxygen atoms in total. The van der Waals surface area contributed by atoms with Gasteiger partial charge in [0.1, 0.15) is 10.9 Å². The maximum absolute atomic E-state index is 13.2. The van der Waals surface area contributed by atoms with E-state index in [0.29, 0.717) is 38.0 Å². The van der Waals surface area contributed by atoms with Crippen LogP contribution in [0, 0.1) is 12.3 Å². The zero-order valence-corrected chi connectivity index (χ0v) is 20.5. The van der Waals surface area contributed by atoms with Crippen molar-refractivity contribution in [3.8, 4) is 16.9 Å². The molecular weight excluding hydrogens is 482 g/mol. The van der Waals surface area contributed by atoms with E-state index in [9.17, 15) is 4.79 Å². The van der Waals surface area contributed by atoms with Crippen molar-refractivity contribution in [3.63, 3.8) is 0 Å². The number of nitrogens with one attached hydrogen (secondary N) is 1. The Kier molecular flexibility index (Phi) is 6.26. The van der Waals surface area contributed by atoms with Crippen LogP contribution >= 0.6 is 34.7 Å². The van der Waals surface area contributed by atoms with Crippen molar-refractivity contribution in [2.24, 2.45) is 5.41 Å². The molecule has 2 unspecified atom stereocenters. The molecule has 1 N–H and O–H groups in total. The topological polar surface area (TPSA) is 99.1 Å². The van der Waals surface area contributed by atoms with Crippen molar-refractivity contribution in [2.75, 3.05) is 25.6 Å². The van der Waals surface area contributed by atoms with Gasteiger partial charge >= 0.3 is 0 Å². The lowest BCUT2D eigenvalue weighted by molar-refractivity contribution is 0.100. The molecular formula is C22H22ClN5O3S2. The second-order valence-electron chi connectivity index (χ2n) is 8.22. The number of aryl methyl sites for hydroxylation is 1. The number of ether oxygens (including phenoxy) is 2. The van der Waals surface area contributed by atoms with Gasteiger partial charge in [-0.25, -0.2) is 4.98 Å². The van der Waals surface area contributed by atoms with E-state index >= 15 is 0 Å². The Morgan fingerprint density at radius 3 is 2.88 bits per heavy atom. The Balaban J connectivity index is 1.36. The van der Waals surface area contributed by atoms with E-state index in [4.69, 9.17) is 21.1 Å². The molecule has 0 aromatic carbocycles. The molecule has 1 saturated heterocycles. The van der Waals surface area contributed by atoms with E-state index in [-0.39, 0.29) is 11.3 Å². The first-order valence-electron chi connectivity index (χ1n) is 10.5. The second kappa shape index (κ2) is 9.17. The largest absolute Gasteiger partial charge is 0.494 e. The third-order valence-electron chi connectivity index (χ3n) is 6.22. The molecule has 2 aliphatic rings. The smallest absolute Gasteiger partial charge is 0.259 e. The van der Waals surface area contributed by atoms with Crippen LogP contribution in [-0.4, -0.2) is 51.6 Å². The highest BCUT2D eigenvalue weighted by Crippen LogP contribution is 2.55. The van der Waals surface area contributed by atoms with E-state index in [2.05, 4.69) is 25.5 Å². The Labute approximate surface area is 204 Å². The molecule has 3 aromatic heterocycles. The summed E-state index contributed by atoms with van der Waals surface area (Å²) in [6.45, 7) is 3.53. The van der Waals surface area contributed by atoms with Crippen molar-refractivity contribution in [2.45, 2.75) is 35.8 Å². The average molecular weight is 504 g/mol. The van der Waals surface area contributed by atoms with Gasteiger partial charge in [0.05, 0.1) is 25.5 Å². The van der Waals surface area contributed by atoms with Gasteiger partial charge in [-0.05, 0) is 38.3 Å². The molecule has 0 radical (unpaired) electrons. The normalized spacial score (nSPS) is 21.7. The number of carbonyl (C=O) groups excluding carboxylic acids is 1. The van der Waals surface area contributed by atoms with E-state index in [0.717, 1.165) is 36.1 Å². The Morgan fingerprint density at radius 2 is 2.15 bits per heavy atom. The van der Waals surface area contributed by atoms with Crippen molar-refractivity contribution in [3.05, 3.63) is 40.9 Å². The van der Waals surface area contributed by atoms with Crippen molar-refractivity contribution in [1.29, 1.82) is 0 Å². The van der Waals surface area contributed by atoms with Gasteiger partial charge < -0.3 is 9.47 Å². The number of halogens is 1. The predicted molar refractivity (Wildman–Crippen MR) is 128 cm³/mol. The van der Waals surface area contributed by atoms with Gasteiger partial charge in [0.15, 0.2) is 4.34 Å². The summed E-state index contributed by atoms with van der Waals surface area (Å²) in [6, 6.07) is 3.50. The molecule has 2 fully saturated rings. The fourth-order valence-electron chi connectivity index (χ4n) is 4.28. The van der Waals surface area contributed by atoms with Gasteiger partial charge in [-0.3, -0.25) is 15.1 Å². The monoisotopic (exact) mass is 503 g/mol. The fraction of sp³-hybridized carbons (Fsp3) is 0.409. The zero-order valence-electron chi connectivity index (χ0n) is 18.1. The zero-order chi connectivity index (χ0) is 23.0. The summed E-state index contributed by atoms with van der Waals surface area (Å²) >= 11 is 9.25. The van der Waals surface area contributed by atoms with Crippen molar-refractivity contribution < 1.29 is 14.3 Å². The summed E-state index contributed by atoms with van der Waals surface area (Å²) < 4.78 is 11.9. The number of nitrogens with zero attached hydrogens (tertiary/aromatic N) is 4. The van der Waals surface area contributed by atoms with Gasteiger partial charge in [-0.1, -0.05) is 34.7 Å². The number of rotatable bonds is 6. The van der Waals surface area contributed by atoms with Gasteiger partial charge in [-0.2, -0.15) is 0 Å². The lowest BCUT2D eigenvalue weighted by atomic mass is 9.68. The summed E-state index contributed by atoms with van der Waals surface area (Å²) in [6.07, 6.45) is 6.55. The van der Waals surface area contributed by atoms with E-state index in [1.807, 2.05) is 13.0 Å². The Bertz CT molecular complexity index is 1200. The Hall–Kier alpha value is -2.27. The molecule has 3 aromatic rings. The number of anilines is 1. The summed E-state index contributed by atoms with van der Waals surface area (Å²) in [5.74, 6) is 0.184. The molecule has 5 rings (SSSR count). The minimum Gasteiger partial charge on any atom is -0.494 e. The highest BCUT2D eigenvalue weighted by Gasteiger charge is 2.50. The number of pyridine rings is 2. The SMILES string of the molecule is COc1cnc(Cl)cc1-c1cc(C)ncc1C(=O)Nc1nnc(SC2CCC23CCOC3)s1. The molecule has 4 heterocycles. The number of hydrogen-bond donors (Lipinski definition) is 1. The molecule has 33 heavy (non-hydrogen) atoms. The van der Waals surface area contributed by atoms with Crippen LogP contribution in [0.3, 0.4) is 0 Å². The maximum atomic E-state index is 13.2. The van der Waals surface area contributed by atoms with Crippen LogP contribution in [0.5, 0.6) is 5.75 Å². The Morgan fingerprint density at radius 1 is 1.27 bits per heavy atom. The average Bonchev–Trinajstić information content (AvgIpc) is 3.48. The van der Waals surface area contributed by atoms with Crippen LogP contribution in [-0.2, 0) is 4.74 Å².